The number of amides is 1. The van der Waals surface area contributed by atoms with Crippen LogP contribution in [0.2, 0.25) is 0 Å². The lowest BCUT2D eigenvalue weighted by Gasteiger charge is -2.62. The Kier molecular flexibility index (Phi) is 3.61. The minimum Gasteiger partial charge on any atom is -0.422 e. The quantitative estimate of drug-likeness (QED) is 0.712. The summed E-state index contributed by atoms with van der Waals surface area (Å²) in [6.07, 6.45) is 0.250. The zero-order chi connectivity index (χ0) is 18.5. The van der Waals surface area contributed by atoms with E-state index in [1.165, 1.54) is 0 Å². The third-order valence-electron chi connectivity index (χ3n) is 5.59. The van der Waals surface area contributed by atoms with Crippen LogP contribution in [-0.2, 0) is 0 Å². The Morgan fingerprint density at radius 2 is 2.04 bits per heavy atom. The highest BCUT2D eigenvalue weighted by Gasteiger charge is 2.64. The van der Waals surface area contributed by atoms with Crippen LogP contribution in [0.1, 0.15) is 47.6 Å². The van der Waals surface area contributed by atoms with Crippen LogP contribution in [0.4, 0.5) is 0 Å². The van der Waals surface area contributed by atoms with Gasteiger partial charge in [0, 0.05) is 23.6 Å². The number of aromatic nitrogens is 3. The van der Waals surface area contributed by atoms with Gasteiger partial charge in [-0.2, -0.15) is 0 Å². The van der Waals surface area contributed by atoms with E-state index in [9.17, 15) is 9.90 Å². The van der Waals surface area contributed by atoms with Gasteiger partial charge in [0.15, 0.2) is 11.5 Å². The zero-order valence-electron chi connectivity index (χ0n) is 14.6. The van der Waals surface area contributed by atoms with Gasteiger partial charge in [-0.15, -0.1) is 10.2 Å². The van der Waals surface area contributed by atoms with E-state index in [1.807, 2.05) is 30.3 Å². The molecule has 2 unspecified atom stereocenters. The Hall–Kier alpha value is -3.00. The molecule has 2 N–H and O–H groups in total. The molecule has 3 atom stereocenters. The van der Waals surface area contributed by atoms with Gasteiger partial charge in [0.1, 0.15) is 6.10 Å². The highest BCUT2D eigenvalue weighted by Crippen LogP contribution is 2.63. The molecule has 2 bridgehead atoms. The smallest absolute Gasteiger partial charge is 0.273 e. The number of hydrogen-bond acceptors (Lipinski definition) is 7. The van der Waals surface area contributed by atoms with E-state index >= 15 is 0 Å². The lowest BCUT2D eigenvalue weighted by atomic mass is 9.44. The lowest BCUT2D eigenvalue weighted by molar-refractivity contribution is -0.0843. The Morgan fingerprint density at radius 1 is 1.26 bits per heavy atom. The zero-order valence-corrected chi connectivity index (χ0v) is 14.6. The normalized spacial score (nSPS) is 26.7. The number of carbonyl (C=O) groups is 1. The molecule has 2 heterocycles. The fourth-order valence-electron chi connectivity index (χ4n) is 3.92. The summed E-state index contributed by atoms with van der Waals surface area (Å²) in [4.78, 5) is 12.5. The van der Waals surface area contributed by atoms with Crippen LogP contribution in [0, 0.1) is 11.8 Å². The van der Waals surface area contributed by atoms with E-state index in [4.69, 9.17) is 8.94 Å². The third-order valence-corrected chi connectivity index (χ3v) is 5.59. The molecular formula is C19H18N4O4. The van der Waals surface area contributed by atoms with Gasteiger partial charge < -0.3 is 19.4 Å². The van der Waals surface area contributed by atoms with Crippen molar-refractivity contribution in [1.82, 2.24) is 20.7 Å². The maximum Gasteiger partial charge on any atom is 0.273 e. The van der Waals surface area contributed by atoms with Crippen LogP contribution in [0.5, 0.6) is 0 Å². The van der Waals surface area contributed by atoms with Crippen molar-refractivity contribution in [3.8, 4) is 11.3 Å². The van der Waals surface area contributed by atoms with Crippen LogP contribution >= 0.6 is 0 Å². The first-order valence-electron chi connectivity index (χ1n) is 8.96. The van der Waals surface area contributed by atoms with Gasteiger partial charge in [-0.3, -0.25) is 4.79 Å². The topological polar surface area (TPSA) is 114 Å². The number of carbonyl (C=O) groups excluding carboxylic acids is 1. The molecule has 1 amide bonds. The van der Waals surface area contributed by atoms with E-state index < -0.39 is 6.10 Å². The average molecular weight is 366 g/mol. The monoisotopic (exact) mass is 366 g/mol. The molecule has 1 aromatic carbocycles. The molecule has 0 radical (unpaired) electrons. The first kappa shape index (κ1) is 16.2. The van der Waals surface area contributed by atoms with Crippen LogP contribution in [0.25, 0.3) is 11.3 Å². The predicted octanol–water partition coefficient (Wildman–Crippen LogP) is 2.31. The minimum atomic E-state index is -0.774. The predicted molar refractivity (Wildman–Crippen MR) is 92.5 cm³/mol. The van der Waals surface area contributed by atoms with Crippen molar-refractivity contribution in [1.29, 1.82) is 0 Å². The average Bonchev–Trinajstić information content (AvgIpc) is 3.28. The first-order valence-corrected chi connectivity index (χ1v) is 8.96. The van der Waals surface area contributed by atoms with Crippen molar-refractivity contribution in [2.45, 2.75) is 31.4 Å². The summed E-state index contributed by atoms with van der Waals surface area (Å²) in [5.41, 5.74) is 1.15. The van der Waals surface area contributed by atoms with Crippen molar-refractivity contribution in [2.75, 3.05) is 0 Å². The summed E-state index contributed by atoms with van der Waals surface area (Å²) < 4.78 is 10.8. The second-order valence-corrected chi connectivity index (χ2v) is 7.19. The van der Waals surface area contributed by atoms with Crippen molar-refractivity contribution in [3.05, 3.63) is 53.9 Å². The first-order chi connectivity index (χ1) is 13.1. The fraction of sp³-hybridized carbons (Fsp3) is 0.368. The number of aliphatic hydroxyl groups excluding tert-OH is 1. The highest BCUT2D eigenvalue weighted by atomic mass is 16.5. The second-order valence-electron chi connectivity index (χ2n) is 7.19. The summed E-state index contributed by atoms with van der Waals surface area (Å²) in [5, 5.41) is 24.3. The van der Waals surface area contributed by atoms with Crippen molar-refractivity contribution < 1.29 is 18.8 Å². The largest absolute Gasteiger partial charge is 0.422 e. The summed E-state index contributed by atoms with van der Waals surface area (Å²) in [6.45, 7) is 1.59. The molecule has 6 rings (SSSR count). The summed E-state index contributed by atoms with van der Waals surface area (Å²) in [6, 6.07) is 11.3. The van der Waals surface area contributed by atoms with Gasteiger partial charge >= 0.3 is 0 Å². The second kappa shape index (κ2) is 6.02. The van der Waals surface area contributed by atoms with Crippen LogP contribution in [0.15, 0.2) is 45.3 Å². The van der Waals surface area contributed by atoms with E-state index in [0.29, 0.717) is 11.7 Å². The van der Waals surface area contributed by atoms with E-state index in [1.54, 1.807) is 13.0 Å². The molecule has 27 heavy (non-hydrogen) atoms. The van der Waals surface area contributed by atoms with E-state index in [2.05, 4.69) is 20.7 Å². The van der Waals surface area contributed by atoms with Crippen LogP contribution in [-0.4, -0.2) is 32.4 Å². The van der Waals surface area contributed by atoms with Gasteiger partial charge in [-0.25, -0.2) is 0 Å². The maximum absolute atomic E-state index is 12.5. The Labute approximate surface area is 154 Å². The molecule has 0 spiro atoms. The minimum absolute atomic E-state index is 0.0845. The molecule has 3 aromatic rings. The fourth-order valence-corrected chi connectivity index (χ4v) is 3.92. The molecule has 3 saturated carbocycles. The Bertz CT molecular complexity index is 971. The lowest BCUT2D eigenvalue weighted by Crippen LogP contribution is -2.68. The van der Waals surface area contributed by atoms with Crippen LogP contribution < -0.4 is 5.32 Å². The molecule has 8 nitrogen and oxygen atoms in total. The van der Waals surface area contributed by atoms with Gasteiger partial charge in [-0.1, -0.05) is 35.5 Å². The number of aliphatic hydroxyl groups is 1. The molecule has 3 aliphatic carbocycles. The number of nitrogens with one attached hydrogen (secondary N) is 1. The molecular weight excluding hydrogens is 348 g/mol. The molecule has 138 valence electrons. The van der Waals surface area contributed by atoms with Crippen LogP contribution in [0.3, 0.4) is 0 Å². The Morgan fingerprint density at radius 3 is 2.70 bits per heavy atom. The van der Waals surface area contributed by atoms with Gasteiger partial charge in [0.05, 0.1) is 0 Å². The maximum atomic E-state index is 12.5. The summed E-state index contributed by atoms with van der Waals surface area (Å²) in [5.74, 6) is 1.82. The Balaban J connectivity index is 1.23. The molecule has 0 aliphatic heterocycles. The highest BCUT2D eigenvalue weighted by molar-refractivity contribution is 5.93. The molecule has 3 aliphatic rings. The summed E-state index contributed by atoms with van der Waals surface area (Å²) in [7, 11) is 0. The van der Waals surface area contributed by atoms with Crippen molar-refractivity contribution >= 4 is 5.91 Å². The van der Waals surface area contributed by atoms with E-state index in [0.717, 1.165) is 12.0 Å². The molecule has 3 fully saturated rings. The standard InChI is InChI=1S/C19H18N4O4/c1-9(24)18-21-22-19(26-18)15-11-7-12(15)16(11)20-17(25)13-8-14(27-23-13)10-5-3-2-4-6-10/h2-6,8-9,11-12,15-16,24H,7H2,1H3,(H,20,25)/t9-,11?,12?,15?,16?/m1/s1. The SMILES string of the molecule is C[C@@H](O)c1nnc(C2C3CC2C3NC(=O)c2cc(-c3ccccc3)on2)o1. The number of hydrogen-bond donors (Lipinski definition) is 2. The molecule has 8 heteroatoms. The van der Waals surface area contributed by atoms with E-state index in [-0.39, 0.29) is 41.3 Å². The van der Waals surface area contributed by atoms with Crippen molar-refractivity contribution in [3.63, 3.8) is 0 Å². The molecule has 0 saturated heterocycles. The summed E-state index contributed by atoms with van der Waals surface area (Å²) >= 11 is 0. The molecule has 2 aromatic heterocycles. The van der Waals surface area contributed by atoms with Gasteiger partial charge in [0.25, 0.3) is 5.91 Å². The number of benzene rings is 1. The number of nitrogens with zero attached hydrogens (tertiary/aromatic N) is 3. The number of rotatable bonds is 5. The van der Waals surface area contributed by atoms with Gasteiger partial charge in [-0.05, 0) is 25.2 Å². The third kappa shape index (κ3) is 2.56. The van der Waals surface area contributed by atoms with Gasteiger partial charge in [0.2, 0.25) is 11.8 Å². The van der Waals surface area contributed by atoms with Crippen molar-refractivity contribution in [2.24, 2.45) is 11.8 Å².